The Morgan fingerprint density at radius 1 is 1.47 bits per heavy atom. The summed E-state index contributed by atoms with van der Waals surface area (Å²) in [5.74, 6) is 0.433. The topological polar surface area (TPSA) is 90.1 Å². The predicted octanol–water partition coefficient (Wildman–Crippen LogP) is 0.476. The summed E-state index contributed by atoms with van der Waals surface area (Å²) in [5, 5.41) is 20.0. The summed E-state index contributed by atoms with van der Waals surface area (Å²) in [6, 6.07) is 7.79. The van der Waals surface area contributed by atoms with E-state index >= 15 is 0 Å². The molecule has 1 aliphatic heterocycles. The van der Waals surface area contributed by atoms with Gasteiger partial charge in [0.15, 0.2) is 5.82 Å². The molecule has 0 aliphatic carbocycles. The second-order valence-electron chi connectivity index (χ2n) is 4.41. The molecule has 1 unspecified atom stereocenters. The van der Waals surface area contributed by atoms with Crippen LogP contribution in [0.2, 0.25) is 0 Å². The molecule has 0 radical (unpaired) electrons. The summed E-state index contributed by atoms with van der Waals surface area (Å²) in [7, 11) is 0. The van der Waals surface area contributed by atoms with Crippen LogP contribution in [0.15, 0.2) is 24.3 Å². The summed E-state index contributed by atoms with van der Waals surface area (Å²) < 4.78 is 6.97. The smallest absolute Gasteiger partial charge is 0.325 e. The number of carboxylic acid groups (broad SMARTS) is 1. The summed E-state index contributed by atoms with van der Waals surface area (Å²) in [5.41, 5.74) is 1.09. The van der Waals surface area contributed by atoms with E-state index in [1.54, 1.807) is 0 Å². The van der Waals surface area contributed by atoms with Crippen molar-refractivity contribution in [3.63, 3.8) is 0 Å². The van der Waals surface area contributed by atoms with Gasteiger partial charge in [-0.15, -0.1) is 5.10 Å². The van der Waals surface area contributed by atoms with Crippen LogP contribution in [0.25, 0.3) is 0 Å². The number of hydrogen-bond acceptors (Lipinski definition) is 5. The van der Waals surface area contributed by atoms with E-state index in [1.807, 2.05) is 24.3 Å². The molecule has 1 aromatic heterocycles. The minimum absolute atomic E-state index is 0.0238. The van der Waals surface area contributed by atoms with Crippen LogP contribution in [0.3, 0.4) is 0 Å². The van der Waals surface area contributed by atoms with E-state index in [1.165, 1.54) is 4.68 Å². The molecule has 19 heavy (non-hydrogen) atoms. The molecule has 0 bridgehead atoms. The van der Waals surface area contributed by atoms with Gasteiger partial charge in [0.2, 0.25) is 0 Å². The average Bonchev–Trinajstić information content (AvgIpc) is 2.85. The second-order valence-corrected chi connectivity index (χ2v) is 4.41. The Labute approximate surface area is 108 Å². The lowest BCUT2D eigenvalue weighted by atomic mass is 9.96. The molecule has 7 heteroatoms. The fraction of sp³-hybridized carbons (Fsp3) is 0.333. The molecule has 1 aliphatic rings. The van der Waals surface area contributed by atoms with Crippen molar-refractivity contribution in [2.24, 2.45) is 0 Å². The summed E-state index contributed by atoms with van der Waals surface area (Å²) in [6.07, 6.45) is 0.746. The zero-order chi connectivity index (χ0) is 13.2. The summed E-state index contributed by atoms with van der Waals surface area (Å²) in [4.78, 5) is 10.8. The Hall–Kier alpha value is -2.44. The standard InChI is InChI=1S/C12H12N4O3/c17-11(18)6-16-12(13-14-15-16)9-5-8-3-1-2-4-10(8)19-7-9/h1-4,9H,5-7H2,(H,17,18). The highest BCUT2D eigenvalue weighted by atomic mass is 16.5. The highest BCUT2D eigenvalue weighted by Crippen LogP contribution is 2.30. The number of benzene rings is 1. The lowest BCUT2D eigenvalue weighted by Gasteiger charge is -2.24. The van der Waals surface area contributed by atoms with Crippen LogP contribution in [0.1, 0.15) is 17.3 Å². The van der Waals surface area contributed by atoms with Gasteiger partial charge in [0, 0.05) is 0 Å². The van der Waals surface area contributed by atoms with Gasteiger partial charge < -0.3 is 9.84 Å². The number of carboxylic acids is 1. The summed E-state index contributed by atoms with van der Waals surface area (Å²) >= 11 is 0. The van der Waals surface area contributed by atoms with Crippen molar-refractivity contribution in [2.45, 2.75) is 18.9 Å². The molecule has 1 aromatic carbocycles. The van der Waals surface area contributed by atoms with Crippen LogP contribution < -0.4 is 4.74 Å². The van der Waals surface area contributed by atoms with E-state index in [9.17, 15) is 4.79 Å². The Morgan fingerprint density at radius 3 is 3.16 bits per heavy atom. The van der Waals surface area contributed by atoms with Crippen molar-refractivity contribution < 1.29 is 14.6 Å². The molecule has 1 atom stereocenters. The van der Waals surface area contributed by atoms with Crippen molar-refractivity contribution in [2.75, 3.05) is 6.61 Å². The number of rotatable bonds is 3. The van der Waals surface area contributed by atoms with E-state index in [0.717, 1.165) is 17.7 Å². The third-order valence-corrected chi connectivity index (χ3v) is 3.09. The number of ether oxygens (including phenoxy) is 1. The molecular weight excluding hydrogens is 248 g/mol. The predicted molar refractivity (Wildman–Crippen MR) is 63.8 cm³/mol. The molecule has 7 nitrogen and oxygen atoms in total. The molecule has 2 heterocycles. The lowest BCUT2D eigenvalue weighted by Crippen LogP contribution is -2.24. The maximum absolute atomic E-state index is 10.8. The third-order valence-electron chi connectivity index (χ3n) is 3.09. The third kappa shape index (κ3) is 2.26. The molecular formula is C12H12N4O3. The van der Waals surface area contributed by atoms with Crippen LogP contribution in [0.4, 0.5) is 0 Å². The SMILES string of the molecule is O=C(O)Cn1nnnc1C1COc2ccccc2C1. The number of aliphatic carboxylic acids is 1. The van der Waals surface area contributed by atoms with Crippen molar-refractivity contribution in [3.05, 3.63) is 35.7 Å². The van der Waals surface area contributed by atoms with E-state index in [0.29, 0.717) is 12.4 Å². The van der Waals surface area contributed by atoms with Gasteiger partial charge in [-0.3, -0.25) is 4.79 Å². The van der Waals surface area contributed by atoms with Gasteiger partial charge in [-0.05, 0) is 28.5 Å². The van der Waals surface area contributed by atoms with Gasteiger partial charge in [-0.25, -0.2) is 4.68 Å². The number of aromatic nitrogens is 4. The lowest BCUT2D eigenvalue weighted by molar-refractivity contribution is -0.138. The largest absolute Gasteiger partial charge is 0.493 e. The Balaban J connectivity index is 1.85. The van der Waals surface area contributed by atoms with E-state index in [4.69, 9.17) is 9.84 Å². The highest BCUT2D eigenvalue weighted by molar-refractivity contribution is 5.66. The van der Waals surface area contributed by atoms with Crippen LogP contribution in [-0.2, 0) is 17.8 Å². The van der Waals surface area contributed by atoms with Gasteiger partial charge in [0.25, 0.3) is 0 Å². The van der Waals surface area contributed by atoms with Gasteiger partial charge in [-0.1, -0.05) is 18.2 Å². The molecule has 98 valence electrons. The van der Waals surface area contributed by atoms with Crippen molar-refractivity contribution in [1.82, 2.24) is 20.2 Å². The van der Waals surface area contributed by atoms with Crippen molar-refractivity contribution >= 4 is 5.97 Å². The second kappa shape index (κ2) is 4.68. The molecule has 0 amide bonds. The highest BCUT2D eigenvalue weighted by Gasteiger charge is 2.26. The number of hydrogen-bond donors (Lipinski definition) is 1. The zero-order valence-electron chi connectivity index (χ0n) is 10.1. The van der Waals surface area contributed by atoms with Crippen LogP contribution >= 0.6 is 0 Å². The molecule has 1 N–H and O–H groups in total. The molecule has 0 saturated heterocycles. The Morgan fingerprint density at radius 2 is 2.32 bits per heavy atom. The van der Waals surface area contributed by atoms with E-state index in [-0.39, 0.29) is 12.5 Å². The number of carbonyl (C=O) groups is 1. The van der Waals surface area contributed by atoms with Crippen LogP contribution in [0, 0.1) is 0 Å². The van der Waals surface area contributed by atoms with Gasteiger partial charge >= 0.3 is 5.97 Å². The quantitative estimate of drug-likeness (QED) is 0.863. The first-order valence-electron chi connectivity index (χ1n) is 5.92. The molecule has 0 spiro atoms. The normalized spacial score (nSPS) is 17.6. The van der Waals surface area contributed by atoms with Crippen molar-refractivity contribution in [3.8, 4) is 5.75 Å². The minimum Gasteiger partial charge on any atom is -0.493 e. The van der Waals surface area contributed by atoms with E-state index in [2.05, 4.69) is 15.5 Å². The number of fused-ring (bicyclic) bond motifs is 1. The fourth-order valence-electron chi connectivity index (χ4n) is 2.24. The average molecular weight is 260 g/mol. The molecule has 2 aromatic rings. The first-order valence-corrected chi connectivity index (χ1v) is 5.92. The molecule has 0 fully saturated rings. The minimum atomic E-state index is -0.967. The molecule has 0 saturated carbocycles. The number of tetrazole rings is 1. The first-order chi connectivity index (χ1) is 9.24. The van der Waals surface area contributed by atoms with Gasteiger partial charge in [0.1, 0.15) is 12.3 Å². The number of nitrogens with zero attached hydrogens (tertiary/aromatic N) is 4. The van der Waals surface area contributed by atoms with Crippen LogP contribution in [0.5, 0.6) is 5.75 Å². The van der Waals surface area contributed by atoms with Gasteiger partial charge in [0.05, 0.1) is 12.5 Å². The number of para-hydroxylation sites is 1. The zero-order valence-corrected chi connectivity index (χ0v) is 10.1. The molecule has 3 rings (SSSR count). The fourth-order valence-corrected chi connectivity index (χ4v) is 2.24. The van der Waals surface area contributed by atoms with Crippen LogP contribution in [-0.4, -0.2) is 37.9 Å². The monoisotopic (exact) mass is 260 g/mol. The first kappa shape index (κ1) is 11.6. The maximum Gasteiger partial charge on any atom is 0.325 e. The summed E-state index contributed by atoms with van der Waals surface area (Å²) in [6.45, 7) is 0.220. The maximum atomic E-state index is 10.8. The van der Waals surface area contributed by atoms with Crippen molar-refractivity contribution in [1.29, 1.82) is 0 Å². The van der Waals surface area contributed by atoms with E-state index < -0.39 is 5.97 Å². The Bertz CT molecular complexity index is 611. The Kier molecular flexibility index (Phi) is 2.86. The van der Waals surface area contributed by atoms with Gasteiger partial charge in [-0.2, -0.15) is 0 Å².